The zero-order valence-electron chi connectivity index (χ0n) is 36.2. The average Bonchev–Trinajstić information content (AvgIpc) is 3.18. The number of esters is 2. The van der Waals surface area contributed by atoms with Crippen molar-refractivity contribution in [3.63, 3.8) is 0 Å². The van der Waals surface area contributed by atoms with Crippen LogP contribution in [0.1, 0.15) is 194 Å². The summed E-state index contributed by atoms with van der Waals surface area (Å²) in [6.07, 6.45) is 29.3. The molecule has 4 N–H and O–H groups in total. The van der Waals surface area contributed by atoms with Gasteiger partial charge in [0, 0.05) is 12.8 Å². The van der Waals surface area contributed by atoms with Crippen LogP contribution in [0.2, 0.25) is 0 Å². The van der Waals surface area contributed by atoms with E-state index in [9.17, 15) is 37.9 Å². The lowest BCUT2D eigenvalue weighted by atomic mass is 10.00. The molecule has 0 aromatic carbocycles. The van der Waals surface area contributed by atoms with E-state index in [0.29, 0.717) is 12.8 Å². The molecule has 0 aromatic rings. The summed E-state index contributed by atoms with van der Waals surface area (Å²) in [6, 6.07) is 0. The molecule has 58 heavy (non-hydrogen) atoms. The van der Waals surface area contributed by atoms with Crippen molar-refractivity contribution in [3.05, 3.63) is 24.3 Å². The van der Waals surface area contributed by atoms with Gasteiger partial charge in [-0.05, 0) is 57.8 Å². The molecule has 0 radical (unpaired) electrons. The van der Waals surface area contributed by atoms with E-state index in [1.165, 1.54) is 89.9 Å². The monoisotopic (exact) mass is 847 g/mol. The first kappa shape index (κ1) is 54.1. The number of aliphatic hydroxyl groups excluding tert-OH is 3. The lowest BCUT2D eigenvalue weighted by Gasteiger charge is -2.40. The third-order valence-corrected chi connectivity index (χ3v) is 11.3. The Hall–Kier alpha value is -1.87. The number of ether oxygens (including phenoxy) is 4. The number of aliphatic hydroxyl groups is 3. The first-order chi connectivity index (χ1) is 28.0. The van der Waals surface area contributed by atoms with Gasteiger partial charge in [-0.3, -0.25) is 14.1 Å². The second kappa shape index (κ2) is 35.8. The standard InChI is InChI=1S/C45H82O12S/c1-3-5-7-9-11-13-15-17-19-21-23-25-27-29-31-33-40(46)54-35-38(36-55-45-44(50)43(49)42(48)39(57-45)37-58(51,52)53)56-41(47)34-32-30-28-26-24-22-20-18-16-14-12-10-8-6-4-2/h10,12,17,19,38-39,42-45,48-50H,3-9,11,13-16,18,20-37H2,1-2H3,(H,51,52,53)/b12-10+,19-17+/t38-,39-,42-,43?,44?,45+/m1/s1. The largest absolute Gasteiger partial charge is 0.462 e. The number of hydrogen-bond acceptors (Lipinski definition) is 11. The van der Waals surface area contributed by atoms with E-state index >= 15 is 0 Å². The molecule has 1 saturated heterocycles. The number of unbranched alkanes of at least 4 members (excludes halogenated alkanes) is 22. The van der Waals surface area contributed by atoms with Gasteiger partial charge in [0.2, 0.25) is 0 Å². The second-order valence-electron chi connectivity index (χ2n) is 16.1. The van der Waals surface area contributed by atoms with E-state index in [1.807, 2.05) is 0 Å². The summed E-state index contributed by atoms with van der Waals surface area (Å²) >= 11 is 0. The van der Waals surface area contributed by atoms with E-state index in [0.717, 1.165) is 64.2 Å². The maximum atomic E-state index is 12.8. The average molecular weight is 847 g/mol. The van der Waals surface area contributed by atoms with E-state index in [1.54, 1.807) is 0 Å². The van der Waals surface area contributed by atoms with Gasteiger partial charge < -0.3 is 34.3 Å². The summed E-state index contributed by atoms with van der Waals surface area (Å²) in [6.45, 7) is 3.72. The number of hydrogen-bond donors (Lipinski definition) is 4. The quantitative estimate of drug-likeness (QED) is 0.0200. The maximum absolute atomic E-state index is 12.8. The van der Waals surface area contributed by atoms with E-state index < -0.39 is 71.2 Å². The van der Waals surface area contributed by atoms with Gasteiger partial charge in [0.05, 0.1) is 6.61 Å². The molecule has 0 saturated carbocycles. The van der Waals surface area contributed by atoms with E-state index in [2.05, 4.69) is 38.2 Å². The fourth-order valence-electron chi connectivity index (χ4n) is 6.89. The summed E-state index contributed by atoms with van der Waals surface area (Å²) in [5.74, 6) is -1.99. The van der Waals surface area contributed by atoms with Crippen LogP contribution in [0.25, 0.3) is 0 Å². The van der Waals surface area contributed by atoms with Crippen LogP contribution in [-0.4, -0.2) is 96.0 Å². The Bertz CT molecular complexity index is 1180. The Labute approximate surface area is 351 Å². The fourth-order valence-corrected chi connectivity index (χ4v) is 7.58. The highest BCUT2D eigenvalue weighted by molar-refractivity contribution is 7.85. The molecule has 6 atom stereocenters. The van der Waals surface area contributed by atoms with Crippen LogP contribution < -0.4 is 0 Å². The van der Waals surface area contributed by atoms with Crippen LogP contribution in [0.5, 0.6) is 0 Å². The zero-order valence-corrected chi connectivity index (χ0v) is 37.0. The van der Waals surface area contributed by atoms with Crippen molar-refractivity contribution < 1.29 is 56.8 Å². The van der Waals surface area contributed by atoms with Gasteiger partial charge in [-0.1, -0.05) is 147 Å². The molecule has 0 bridgehead atoms. The molecule has 0 aliphatic carbocycles. The van der Waals surface area contributed by atoms with Gasteiger partial charge in [0.1, 0.15) is 36.8 Å². The lowest BCUT2D eigenvalue weighted by molar-refractivity contribution is -0.297. The molecule has 1 aliphatic heterocycles. The van der Waals surface area contributed by atoms with Crippen LogP contribution >= 0.6 is 0 Å². The summed E-state index contributed by atoms with van der Waals surface area (Å²) in [5.41, 5.74) is 0. The van der Waals surface area contributed by atoms with Crippen molar-refractivity contribution in [3.8, 4) is 0 Å². The lowest BCUT2D eigenvalue weighted by Crippen LogP contribution is -2.60. The topological polar surface area (TPSA) is 186 Å². The molecular weight excluding hydrogens is 765 g/mol. The summed E-state index contributed by atoms with van der Waals surface area (Å²) in [7, 11) is -4.60. The predicted octanol–water partition coefficient (Wildman–Crippen LogP) is 9.23. The summed E-state index contributed by atoms with van der Waals surface area (Å²) < 4.78 is 54.0. The molecule has 340 valence electrons. The minimum Gasteiger partial charge on any atom is -0.462 e. The Morgan fingerprint density at radius 3 is 1.48 bits per heavy atom. The highest BCUT2D eigenvalue weighted by Gasteiger charge is 2.46. The zero-order chi connectivity index (χ0) is 42.7. The molecule has 1 rings (SSSR count). The van der Waals surface area contributed by atoms with Crippen LogP contribution in [0.3, 0.4) is 0 Å². The van der Waals surface area contributed by atoms with Crippen molar-refractivity contribution in [2.75, 3.05) is 19.0 Å². The molecule has 0 spiro atoms. The maximum Gasteiger partial charge on any atom is 0.306 e. The summed E-state index contributed by atoms with van der Waals surface area (Å²) in [4.78, 5) is 25.4. The van der Waals surface area contributed by atoms with E-state index in [4.69, 9.17) is 18.9 Å². The molecule has 1 heterocycles. The van der Waals surface area contributed by atoms with Gasteiger partial charge >= 0.3 is 11.9 Å². The Morgan fingerprint density at radius 1 is 0.569 bits per heavy atom. The number of rotatable bonds is 38. The fraction of sp³-hybridized carbons (Fsp3) is 0.867. The van der Waals surface area contributed by atoms with Crippen molar-refractivity contribution in [2.24, 2.45) is 0 Å². The first-order valence-corrected chi connectivity index (χ1v) is 24.5. The minimum atomic E-state index is -4.60. The van der Waals surface area contributed by atoms with Crippen molar-refractivity contribution >= 4 is 22.1 Å². The number of carbonyl (C=O) groups excluding carboxylic acids is 2. The highest BCUT2D eigenvalue weighted by atomic mass is 32.2. The van der Waals surface area contributed by atoms with E-state index in [-0.39, 0.29) is 19.4 Å². The molecular formula is C45H82O12S. The summed E-state index contributed by atoms with van der Waals surface area (Å²) in [5, 5.41) is 30.9. The minimum absolute atomic E-state index is 0.162. The Morgan fingerprint density at radius 2 is 1.00 bits per heavy atom. The molecule has 2 unspecified atom stereocenters. The first-order valence-electron chi connectivity index (χ1n) is 22.9. The molecule has 12 nitrogen and oxygen atoms in total. The van der Waals surface area contributed by atoms with Crippen LogP contribution in [0, 0.1) is 0 Å². The van der Waals surface area contributed by atoms with Gasteiger partial charge in [-0.15, -0.1) is 0 Å². The smallest absolute Gasteiger partial charge is 0.306 e. The van der Waals surface area contributed by atoms with Gasteiger partial charge in [-0.2, -0.15) is 8.42 Å². The molecule has 13 heteroatoms. The number of allylic oxidation sites excluding steroid dienone is 4. The second-order valence-corrected chi connectivity index (χ2v) is 17.6. The number of carbonyl (C=O) groups is 2. The van der Waals surface area contributed by atoms with Gasteiger partial charge in [0.25, 0.3) is 10.1 Å². The van der Waals surface area contributed by atoms with Crippen LogP contribution in [0.15, 0.2) is 24.3 Å². The predicted molar refractivity (Wildman–Crippen MR) is 229 cm³/mol. The Kier molecular flexibility index (Phi) is 33.5. The SMILES string of the molecule is CCCC/C=C/CCCCCCCCCCCC(=O)O[C@H](COC(=O)CCCCCCC/C=C/CCCCCCCC)CO[C@H]1O[C@H](CS(=O)(=O)O)[C@@H](O)C(O)C1O. The molecule has 1 aliphatic rings. The third-order valence-electron chi connectivity index (χ3n) is 10.5. The van der Waals surface area contributed by atoms with Crippen LogP contribution in [-0.2, 0) is 38.7 Å². The van der Waals surface area contributed by atoms with Crippen LogP contribution in [0.4, 0.5) is 0 Å². The van der Waals surface area contributed by atoms with Gasteiger partial charge in [0.15, 0.2) is 12.4 Å². The van der Waals surface area contributed by atoms with Gasteiger partial charge in [-0.25, -0.2) is 0 Å². The normalized spacial score (nSPS) is 20.6. The Balaban J connectivity index is 2.45. The molecule has 1 fully saturated rings. The van der Waals surface area contributed by atoms with Crippen molar-refractivity contribution in [1.29, 1.82) is 0 Å². The molecule has 0 amide bonds. The van der Waals surface area contributed by atoms with Crippen molar-refractivity contribution in [2.45, 2.75) is 230 Å². The third kappa shape index (κ3) is 30.2. The highest BCUT2D eigenvalue weighted by Crippen LogP contribution is 2.24. The van der Waals surface area contributed by atoms with Crippen molar-refractivity contribution in [1.82, 2.24) is 0 Å². The molecule has 0 aromatic heterocycles.